The van der Waals surface area contributed by atoms with Crippen molar-refractivity contribution in [1.29, 1.82) is 0 Å². The summed E-state index contributed by atoms with van der Waals surface area (Å²) in [5, 5.41) is 20.7. The highest BCUT2D eigenvalue weighted by Gasteiger charge is 2.19. The lowest BCUT2D eigenvalue weighted by Gasteiger charge is -2.11. The highest BCUT2D eigenvalue weighted by atomic mass is 79.9. The molecule has 1 N–H and O–H groups in total. The average molecular weight is 339 g/mol. The van der Waals surface area contributed by atoms with E-state index in [-0.39, 0.29) is 17.3 Å². The van der Waals surface area contributed by atoms with Gasteiger partial charge in [0.2, 0.25) is 11.6 Å². The van der Waals surface area contributed by atoms with Gasteiger partial charge in [-0.3, -0.25) is 10.1 Å². The molecule has 0 aliphatic carbocycles. The molecule has 0 unspecified atom stereocenters. The molecule has 0 aliphatic heterocycles. The van der Waals surface area contributed by atoms with Crippen molar-refractivity contribution in [1.82, 2.24) is 4.98 Å². The van der Waals surface area contributed by atoms with E-state index in [4.69, 9.17) is 4.74 Å². The zero-order chi connectivity index (χ0) is 14.7. The summed E-state index contributed by atoms with van der Waals surface area (Å²) in [5.41, 5.74) is 0.284. The quantitative estimate of drug-likeness (QED) is 0.679. The first-order valence-corrected chi connectivity index (χ1v) is 6.53. The summed E-state index contributed by atoms with van der Waals surface area (Å²) in [6, 6.07) is 7.76. The number of aromatic nitrogens is 1. The lowest BCUT2D eigenvalue weighted by Crippen LogP contribution is -2.00. The number of pyridine rings is 1. The number of hydrogen-bond donors (Lipinski definition) is 1. The Morgan fingerprint density at radius 1 is 1.45 bits per heavy atom. The lowest BCUT2D eigenvalue weighted by atomic mass is 10.2. The number of hydrogen-bond acceptors (Lipinski definition) is 5. The van der Waals surface area contributed by atoms with Crippen LogP contribution in [0, 0.1) is 10.1 Å². The van der Waals surface area contributed by atoms with E-state index in [2.05, 4.69) is 20.9 Å². The van der Waals surface area contributed by atoms with Gasteiger partial charge in [-0.2, -0.15) is 0 Å². The normalized spacial score (nSPS) is 11.9. The fourth-order valence-corrected chi connectivity index (χ4v) is 1.98. The Morgan fingerprint density at radius 2 is 2.20 bits per heavy atom. The molecule has 0 fully saturated rings. The highest BCUT2D eigenvalue weighted by Crippen LogP contribution is 2.35. The minimum Gasteiger partial charge on any atom is -0.431 e. The van der Waals surface area contributed by atoms with Crippen LogP contribution in [0.1, 0.15) is 18.6 Å². The molecule has 20 heavy (non-hydrogen) atoms. The van der Waals surface area contributed by atoms with Gasteiger partial charge in [0.1, 0.15) is 0 Å². The van der Waals surface area contributed by atoms with Crippen LogP contribution in [0.15, 0.2) is 41.0 Å². The van der Waals surface area contributed by atoms with Crippen molar-refractivity contribution in [2.45, 2.75) is 13.0 Å². The Morgan fingerprint density at radius 3 is 2.85 bits per heavy atom. The SMILES string of the molecule is C[C@H](O)c1cccnc1Oc1ccc(Br)cc1[N+](=O)[O-]. The van der Waals surface area contributed by atoms with Crippen LogP contribution in [0.4, 0.5) is 5.69 Å². The predicted molar refractivity (Wildman–Crippen MR) is 75.7 cm³/mol. The van der Waals surface area contributed by atoms with Crippen LogP contribution in [0.2, 0.25) is 0 Å². The monoisotopic (exact) mass is 338 g/mol. The second kappa shape index (κ2) is 5.98. The molecule has 0 saturated heterocycles. The number of ether oxygens (including phenoxy) is 1. The molecule has 1 aromatic carbocycles. The summed E-state index contributed by atoms with van der Waals surface area (Å²) in [4.78, 5) is 14.5. The van der Waals surface area contributed by atoms with Crippen molar-refractivity contribution in [2.75, 3.05) is 0 Å². The largest absolute Gasteiger partial charge is 0.431 e. The maximum atomic E-state index is 11.0. The fourth-order valence-electron chi connectivity index (χ4n) is 1.63. The van der Waals surface area contributed by atoms with Crippen LogP contribution < -0.4 is 4.74 Å². The van der Waals surface area contributed by atoms with E-state index in [0.29, 0.717) is 10.0 Å². The maximum absolute atomic E-state index is 11.0. The second-order valence-corrected chi connectivity index (χ2v) is 4.96. The van der Waals surface area contributed by atoms with Crippen molar-refractivity contribution in [3.63, 3.8) is 0 Å². The fraction of sp³-hybridized carbons (Fsp3) is 0.154. The van der Waals surface area contributed by atoms with Gasteiger partial charge in [-0.1, -0.05) is 15.9 Å². The summed E-state index contributed by atoms with van der Waals surface area (Å²) in [6.07, 6.45) is 0.708. The van der Waals surface area contributed by atoms with Gasteiger partial charge in [0, 0.05) is 22.3 Å². The van der Waals surface area contributed by atoms with Crippen molar-refractivity contribution < 1.29 is 14.8 Å². The number of halogens is 1. The molecule has 0 bridgehead atoms. The summed E-state index contributed by atoms with van der Waals surface area (Å²) in [7, 11) is 0. The number of nitro benzene ring substituents is 1. The Bertz CT molecular complexity index is 646. The smallest absolute Gasteiger partial charge is 0.312 e. The zero-order valence-electron chi connectivity index (χ0n) is 10.5. The summed E-state index contributed by atoms with van der Waals surface area (Å²) in [5.74, 6) is 0.215. The van der Waals surface area contributed by atoms with Crippen LogP contribution in [0.3, 0.4) is 0 Å². The van der Waals surface area contributed by atoms with Gasteiger partial charge in [0.05, 0.1) is 11.0 Å². The molecule has 0 amide bonds. The number of nitrogens with zero attached hydrogens (tertiary/aromatic N) is 2. The molecule has 1 heterocycles. The molecule has 7 heteroatoms. The molecule has 0 aliphatic rings. The summed E-state index contributed by atoms with van der Waals surface area (Å²) in [6.45, 7) is 1.57. The van der Waals surface area contributed by atoms with E-state index < -0.39 is 11.0 Å². The number of aliphatic hydroxyl groups excluding tert-OH is 1. The van der Waals surface area contributed by atoms with Crippen LogP contribution >= 0.6 is 15.9 Å². The molecule has 104 valence electrons. The van der Waals surface area contributed by atoms with Crippen LogP contribution in [0.5, 0.6) is 11.6 Å². The van der Waals surface area contributed by atoms with Gasteiger partial charge < -0.3 is 9.84 Å². The van der Waals surface area contributed by atoms with Gasteiger partial charge in [0.25, 0.3) is 0 Å². The topological polar surface area (TPSA) is 85.5 Å². The Kier molecular flexibility index (Phi) is 4.31. The van der Waals surface area contributed by atoms with E-state index >= 15 is 0 Å². The van der Waals surface area contributed by atoms with Crippen molar-refractivity contribution in [3.8, 4) is 11.6 Å². The molecular formula is C13H11BrN2O4. The van der Waals surface area contributed by atoms with E-state index in [1.807, 2.05) is 0 Å². The van der Waals surface area contributed by atoms with Gasteiger partial charge in [-0.05, 0) is 31.2 Å². The molecule has 0 saturated carbocycles. The molecule has 1 aromatic heterocycles. The van der Waals surface area contributed by atoms with Gasteiger partial charge in [-0.25, -0.2) is 4.98 Å². The first kappa shape index (κ1) is 14.4. The number of benzene rings is 1. The van der Waals surface area contributed by atoms with E-state index in [1.165, 1.54) is 18.3 Å². The van der Waals surface area contributed by atoms with Gasteiger partial charge in [-0.15, -0.1) is 0 Å². The first-order valence-electron chi connectivity index (χ1n) is 5.74. The number of rotatable bonds is 4. The highest BCUT2D eigenvalue weighted by molar-refractivity contribution is 9.10. The van der Waals surface area contributed by atoms with E-state index in [9.17, 15) is 15.2 Å². The van der Waals surface area contributed by atoms with Crippen LogP contribution in [0.25, 0.3) is 0 Å². The van der Waals surface area contributed by atoms with E-state index in [1.54, 1.807) is 25.1 Å². The molecule has 0 radical (unpaired) electrons. The Balaban J connectivity index is 2.43. The van der Waals surface area contributed by atoms with Crippen molar-refractivity contribution in [3.05, 3.63) is 56.7 Å². The third-order valence-corrected chi connectivity index (χ3v) is 3.07. The third kappa shape index (κ3) is 3.12. The van der Waals surface area contributed by atoms with E-state index in [0.717, 1.165) is 0 Å². The molecular weight excluding hydrogens is 328 g/mol. The van der Waals surface area contributed by atoms with Gasteiger partial charge in [0.15, 0.2) is 0 Å². The molecule has 6 nitrogen and oxygen atoms in total. The Hall–Kier alpha value is -1.99. The standard InChI is InChI=1S/C13H11BrN2O4/c1-8(17)10-3-2-6-15-13(10)20-12-5-4-9(14)7-11(12)16(18)19/h2-8,17H,1H3/t8-/m0/s1. The minimum atomic E-state index is -0.784. The lowest BCUT2D eigenvalue weighted by molar-refractivity contribution is -0.385. The minimum absolute atomic E-state index is 0.0683. The third-order valence-electron chi connectivity index (χ3n) is 2.57. The average Bonchev–Trinajstić information content (AvgIpc) is 2.41. The zero-order valence-corrected chi connectivity index (χ0v) is 12.1. The summed E-state index contributed by atoms with van der Waals surface area (Å²) >= 11 is 3.17. The molecule has 1 atom stereocenters. The van der Waals surface area contributed by atoms with Gasteiger partial charge >= 0.3 is 5.69 Å². The predicted octanol–water partition coefficient (Wildman–Crippen LogP) is 3.60. The van der Waals surface area contributed by atoms with Crippen LogP contribution in [-0.4, -0.2) is 15.0 Å². The second-order valence-electron chi connectivity index (χ2n) is 4.04. The summed E-state index contributed by atoms with van der Waals surface area (Å²) < 4.78 is 6.06. The van der Waals surface area contributed by atoms with Crippen LogP contribution in [-0.2, 0) is 0 Å². The van der Waals surface area contributed by atoms with Crippen molar-refractivity contribution >= 4 is 21.6 Å². The Labute approximate surface area is 123 Å². The molecule has 0 spiro atoms. The number of nitro groups is 1. The molecule has 2 rings (SSSR count). The van der Waals surface area contributed by atoms with Crippen molar-refractivity contribution in [2.24, 2.45) is 0 Å². The molecule has 2 aromatic rings. The maximum Gasteiger partial charge on any atom is 0.312 e. The number of aliphatic hydroxyl groups is 1. The first-order chi connectivity index (χ1) is 9.49.